The van der Waals surface area contributed by atoms with Gasteiger partial charge in [-0.2, -0.15) is 0 Å². The molecular weight excluding hydrogens is 240 g/mol. The van der Waals surface area contributed by atoms with Crippen molar-refractivity contribution in [2.24, 2.45) is 5.73 Å². The zero-order chi connectivity index (χ0) is 13.3. The number of rotatable bonds is 2. The van der Waals surface area contributed by atoms with Crippen LogP contribution in [-0.4, -0.2) is 4.98 Å². The molecule has 0 bridgehead atoms. The van der Waals surface area contributed by atoms with E-state index in [1.807, 2.05) is 6.92 Å². The molecule has 0 amide bonds. The van der Waals surface area contributed by atoms with Gasteiger partial charge in [0, 0.05) is 6.54 Å². The van der Waals surface area contributed by atoms with E-state index in [0.717, 1.165) is 10.7 Å². The fourth-order valence-corrected chi connectivity index (χ4v) is 2.91. The highest BCUT2D eigenvalue weighted by atomic mass is 32.1. The van der Waals surface area contributed by atoms with Crippen molar-refractivity contribution >= 4 is 11.3 Å². The number of benzene rings is 1. The summed E-state index contributed by atoms with van der Waals surface area (Å²) in [6.45, 7) is 9.20. The van der Waals surface area contributed by atoms with Crippen LogP contribution in [0.3, 0.4) is 0 Å². The van der Waals surface area contributed by atoms with Crippen LogP contribution in [0.2, 0.25) is 0 Å². The summed E-state index contributed by atoms with van der Waals surface area (Å²) in [5.41, 5.74) is 9.50. The van der Waals surface area contributed by atoms with E-state index < -0.39 is 0 Å². The fraction of sp³-hybridized carbons (Fsp3) is 0.400. The molecule has 0 radical (unpaired) electrons. The van der Waals surface area contributed by atoms with Crippen LogP contribution in [0, 0.1) is 6.92 Å². The molecular formula is C15H20N2S. The lowest BCUT2D eigenvalue weighted by Crippen LogP contribution is -2.10. The number of nitrogens with zero attached hydrogens (tertiary/aromatic N) is 1. The van der Waals surface area contributed by atoms with Gasteiger partial charge < -0.3 is 5.73 Å². The summed E-state index contributed by atoms with van der Waals surface area (Å²) < 4.78 is 0. The Hall–Kier alpha value is -1.19. The Labute approximate surface area is 113 Å². The highest BCUT2D eigenvalue weighted by molar-refractivity contribution is 7.15. The molecule has 0 aliphatic carbocycles. The molecule has 0 aliphatic rings. The van der Waals surface area contributed by atoms with E-state index in [1.165, 1.54) is 16.0 Å². The van der Waals surface area contributed by atoms with Crippen molar-refractivity contribution in [3.63, 3.8) is 0 Å². The molecule has 18 heavy (non-hydrogen) atoms. The zero-order valence-corrected chi connectivity index (χ0v) is 12.3. The molecule has 0 unspecified atom stereocenters. The second-order valence-electron chi connectivity index (χ2n) is 5.54. The van der Waals surface area contributed by atoms with Gasteiger partial charge in [0.25, 0.3) is 0 Å². The van der Waals surface area contributed by atoms with Crippen molar-refractivity contribution in [2.75, 3.05) is 0 Å². The van der Waals surface area contributed by atoms with E-state index >= 15 is 0 Å². The van der Waals surface area contributed by atoms with Crippen molar-refractivity contribution in [1.29, 1.82) is 0 Å². The number of nitrogens with two attached hydrogens (primary N) is 1. The molecule has 3 heteroatoms. The maximum Gasteiger partial charge on any atom is 0.0904 e. The molecule has 2 N–H and O–H groups in total. The van der Waals surface area contributed by atoms with Crippen LogP contribution >= 0.6 is 11.3 Å². The molecule has 0 atom stereocenters. The third-order valence-corrected chi connectivity index (χ3v) is 4.07. The summed E-state index contributed by atoms with van der Waals surface area (Å²) in [7, 11) is 0. The number of hydrogen-bond acceptors (Lipinski definition) is 3. The summed E-state index contributed by atoms with van der Waals surface area (Å²) in [6, 6.07) is 8.74. The minimum absolute atomic E-state index is 0.193. The van der Waals surface area contributed by atoms with Crippen LogP contribution in [0.4, 0.5) is 0 Å². The summed E-state index contributed by atoms with van der Waals surface area (Å²) in [4.78, 5) is 5.67. The average Bonchev–Trinajstić information content (AvgIpc) is 2.69. The lowest BCUT2D eigenvalue weighted by atomic mass is 9.86. The lowest BCUT2D eigenvalue weighted by Gasteiger charge is -2.19. The van der Waals surface area contributed by atoms with Gasteiger partial charge in [-0.1, -0.05) is 45.0 Å². The first kappa shape index (κ1) is 13.2. The molecule has 96 valence electrons. The first-order valence-corrected chi connectivity index (χ1v) is 7.01. The molecule has 0 fully saturated rings. The minimum Gasteiger partial charge on any atom is -0.325 e. The van der Waals surface area contributed by atoms with Crippen LogP contribution in [-0.2, 0) is 12.0 Å². The van der Waals surface area contributed by atoms with Gasteiger partial charge >= 0.3 is 0 Å². The van der Waals surface area contributed by atoms with Crippen molar-refractivity contribution < 1.29 is 0 Å². The minimum atomic E-state index is 0.193. The van der Waals surface area contributed by atoms with Crippen molar-refractivity contribution in [2.45, 2.75) is 39.7 Å². The second-order valence-corrected chi connectivity index (χ2v) is 6.74. The van der Waals surface area contributed by atoms with Crippen LogP contribution in [0.25, 0.3) is 10.4 Å². The summed E-state index contributed by atoms with van der Waals surface area (Å²) in [5.74, 6) is 0. The number of aromatic nitrogens is 1. The van der Waals surface area contributed by atoms with E-state index in [2.05, 4.69) is 50.0 Å². The van der Waals surface area contributed by atoms with Crippen LogP contribution in [0.5, 0.6) is 0 Å². The standard InChI is InChI=1S/C15H20N2S/c1-10-17-13(9-16)14(18-10)11-5-7-12(8-6-11)15(2,3)4/h5-8H,9,16H2,1-4H3. The van der Waals surface area contributed by atoms with Gasteiger partial charge in [-0.3, -0.25) is 0 Å². The third-order valence-electron chi connectivity index (χ3n) is 3.01. The maximum atomic E-state index is 5.74. The second kappa shape index (κ2) is 4.82. The average molecular weight is 260 g/mol. The van der Waals surface area contributed by atoms with Gasteiger partial charge in [0.2, 0.25) is 0 Å². The Balaban J connectivity index is 2.40. The van der Waals surface area contributed by atoms with Crippen molar-refractivity contribution in [1.82, 2.24) is 4.98 Å². The quantitative estimate of drug-likeness (QED) is 0.890. The van der Waals surface area contributed by atoms with Gasteiger partial charge in [0.1, 0.15) is 0 Å². The first-order valence-electron chi connectivity index (χ1n) is 6.19. The van der Waals surface area contributed by atoms with E-state index in [4.69, 9.17) is 5.73 Å². The van der Waals surface area contributed by atoms with Gasteiger partial charge in [-0.25, -0.2) is 4.98 Å². The monoisotopic (exact) mass is 260 g/mol. The van der Waals surface area contributed by atoms with Crippen LogP contribution in [0.1, 0.15) is 37.0 Å². The van der Waals surface area contributed by atoms with Gasteiger partial charge in [0.15, 0.2) is 0 Å². The summed E-state index contributed by atoms with van der Waals surface area (Å²) in [5, 5.41) is 1.07. The van der Waals surface area contributed by atoms with Crippen molar-refractivity contribution in [3.05, 3.63) is 40.5 Å². The molecule has 0 saturated carbocycles. The summed E-state index contributed by atoms with van der Waals surface area (Å²) >= 11 is 1.71. The zero-order valence-electron chi connectivity index (χ0n) is 11.4. The van der Waals surface area contributed by atoms with Crippen LogP contribution in [0.15, 0.2) is 24.3 Å². The predicted octanol–water partition coefficient (Wildman–Crippen LogP) is 3.87. The molecule has 1 aromatic carbocycles. The Bertz CT molecular complexity index is 533. The SMILES string of the molecule is Cc1nc(CN)c(-c2ccc(C(C)(C)C)cc2)s1. The van der Waals surface area contributed by atoms with E-state index in [9.17, 15) is 0 Å². The van der Waals surface area contributed by atoms with Gasteiger partial charge in [-0.05, 0) is 23.5 Å². The van der Waals surface area contributed by atoms with E-state index in [-0.39, 0.29) is 5.41 Å². The highest BCUT2D eigenvalue weighted by Gasteiger charge is 2.14. The topological polar surface area (TPSA) is 38.9 Å². The molecule has 1 aromatic heterocycles. The predicted molar refractivity (Wildman–Crippen MR) is 78.9 cm³/mol. The number of hydrogen-bond donors (Lipinski definition) is 1. The van der Waals surface area contributed by atoms with E-state index in [1.54, 1.807) is 11.3 Å². The molecule has 0 aliphatic heterocycles. The molecule has 1 heterocycles. The summed E-state index contributed by atoms with van der Waals surface area (Å²) in [6.07, 6.45) is 0. The van der Waals surface area contributed by atoms with E-state index in [0.29, 0.717) is 6.54 Å². The van der Waals surface area contributed by atoms with Crippen molar-refractivity contribution in [3.8, 4) is 10.4 Å². The van der Waals surface area contributed by atoms with Gasteiger partial charge in [-0.15, -0.1) is 11.3 Å². The third kappa shape index (κ3) is 2.62. The Kier molecular flexibility index (Phi) is 3.55. The number of thiazole rings is 1. The van der Waals surface area contributed by atoms with Gasteiger partial charge in [0.05, 0.1) is 15.6 Å². The first-order chi connectivity index (χ1) is 8.41. The Morgan fingerprint density at radius 3 is 2.28 bits per heavy atom. The Morgan fingerprint density at radius 2 is 1.78 bits per heavy atom. The molecule has 0 spiro atoms. The fourth-order valence-electron chi connectivity index (χ4n) is 1.96. The highest BCUT2D eigenvalue weighted by Crippen LogP contribution is 2.31. The largest absolute Gasteiger partial charge is 0.325 e. The van der Waals surface area contributed by atoms with Crippen LogP contribution < -0.4 is 5.73 Å². The molecule has 2 aromatic rings. The molecule has 2 rings (SSSR count). The smallest absolute Gasteiger partial charge is 0.0904 e. The Morgan fingerprint density at radius 1 is 1.17 bits per heavy atom. The lowest BCUT2D eigenvalue weighted by molar-refractivity contribution is 0.590. The molecule has 0 saturated heterocycles. The molecule has 2 nitrogen and oxygen atoms in total. The maximum absolute atomic E-state index is 5.74. The number of aryl methyl sites for hydroxylation is 1. The normalized spacial score (nSPS) is 11.8.